The van der Waals surface area contributed by atoms with Crippen LogP contribution in [-0.2, 0) is 11.2 Å². The minimum atomic E-state index is 0.0700. The summed E-state index contributed by atoms with van der Waals surface area (Å²) < 4.78 is 0. The Morgan fingerprint density at radius 2 is 2.21 bits per heavy atom. The number of aryl methyl sites for hydroxylation is 1. The predicted octanol–water partition coefficient (Wildman–Crippen LogP) is 3.74. The van der Waals surface area contributed by atoms with E-state index in [4.69, 9.17) is 0 Å². The molecule has 0 heterocycles. The van der Waals surface area contributed by atoms with Crippen molar-refractivity contribution in [3.8, 4) is 0 Å². The summed E-state index contributed by atoms with van der Waals surface area (Å²) >= 11 is 3.54. The average Bonchev–Trinajstić information content (AvgIpc) is 2.43. The Hall–Kier alpha value is -0.830. The van der Waals surface area contributed by atoms with Crippen LogP contribution in [-0.4, -0.2) is 29.2 Å². The van der Waals surface area contributed by atoms with E-state index in [0.29, 0.717) is 4.83 Å². The molecular weight excluding hydrogens is 302 g/mol. The maximum Gasteiger partial charge on any atom is 0.229 e. The lowest BCUT2D eigenvalue weighted by Gasteiger charge is -2.29. The van der Waals surface area contributed by atoms with E-state index in [0.717, 1.165) is 32.2 Å². The molecule has 2 atom stereocenters. The lowest BCUT2D eigenvalue weighted by molar-refractivity contribution is -0.131. The maximum atomic E-state index is 12.6. The third-order valence-electron chi connectivity index (χ3n) is 3.91. The number of benzene rings is 1. The largest absolute Gasteiger partial charge is 0.345 e. The maximum absolute atomic E-state index is 12.6. The van der Waals surface area contributed by atoms with Gasteiger partial charge in [0, 0.05) is 18.4 Å². The van der Waals surface area contributed by atoms with Gasteiger partial charge in [-0.3, -0.25) is 4.79 Å². The molecule has 0 bridgehead atoms. The number of likely N-dealkylation sites (N-methyl/N-ethyl adjacent to an activating group) is 1. The smallest absolute Gasteiger partial charge is 0.229 e. The summed E-state index contributed by atoms with van der Waals surface area (Å²) in [5.41, 5.74) is 2.60. The molecule has 0 spiro atoms. The van der Waals surface area contributed by atoms with E-state index < -0.39 is 0 Å². The highest BCUT2D eigenvalue weighted by molar-refractivity contribution is 9.09. The van der Waals surface area contributed by atoms with E-state index >= 15 is 0 Å². The number of carbonyl (C=O) groups excluding carboxylic acids is 1. The van der Waals surface area contributed by atoms with Gasteiger partial charge in [0.05, 0.1) is 5.92 Å². The number of fused-ring (bicyclic) bond motifs is 1. The van der Waals surface area contributed by atoms with E-state index in [-0.39, 0.29) is 11.8 Å². The van der Waals surface area contributed by atoms with E-state index in [2.05, 4.69) is 41.1 Å². The fourth-order valence-corrected chi connectivity index (χ4v) is 2.96. The summed E-state index contributed by atoms with van der Waals surface area (Å²) in [6.07, 6.45) is 4.22. The molecular formula is C16H22BrNO. The molecule has 2 nitrogen and oxygen atoms in total. The Bertz CT molecular complexity index is 444. The van der Waals surface area contributed by atoms with Crippen molar-refractivity contribution in [3.05, 3.63) is 35.4 Å². The van der Waals surface area contributed by atoms with Crippen molar-refractivity contribution in [1.29, 1.82) is 0 Å². The zero-order chi connectivity index (χ0) is 13.8. The van der Waals surface area contributed by atoms with Crippen LogP contribution in [0.1, 0.15) is 43.2 Å². The van der Waals surface area contributed by atoms with Gasteiger partial charge < -0.3 is 4.90 Å². The van der Waals surface area contributed by atoms with Crippen molar-refractivity contribution in [2.45, 2.75) is 43.4 Å². The second-order valence-corrected chi connectivity index (χ2v) is 7.04. The van der Waals surface area contributed by atoms with Crippen LogP contribution in [0.2, 0.25) is 0 Å². The zero-order valence-corrected chi connectivity index (χ0v) is 13.3. The van der Waals surface area contributed by atoms with Gasteiger partial charge in [-0.25, -0.2) is 0 Å². The van der Waals surface area contributed by atoms with Gasteiger partial charge in [0.2, 0.25) is 5.91 Å². The predicted molar refractivity (Wildman–Crippen MR) is 82.8 cm³/mol. The van der Waals surface area contributed by atoms with Crippen LogP contribution in [0, 0.1) is 0 Å². The first-order valence-electron chi connectivity index (χ1n) is 7.06. The molecule has 0 saturated heterocycles. The summed E-state index contributed by atoms with van der Waals surface area (Å²) in [5.74, 6) is 0.348. The van der Waals surface area contributed by atoms with Crippen molar-refractivity contribution in [2.24, 2.45) is 0 Å². The summed E-state index contributed by atoms with van der Waals surface area (Å²) in [6.45, 7) is 2.94. The van der Waals surface area contributed by atoms with Gasteiger partial charge in [-0.15, -0.1) is 0 Å². The summed E-state index contributed by atoms with van der Waals surface area (Å²) in [6, 6.07) is 8.40. The topological polar surface area (TPSA) is 20.3 Å². The van der Waals surface area contributed by atoms with Crippen LogP contribution in [0.3, 0.4) is 0 Å². The molecule has 1 aromatic rings. The highest BCUT2D eigenvalue weighted by atomic mass is 79.9. The average molecular weight is 324 g/mol. The number of hydrogen-bond donors (Lipinski definition) is 0. The van der Waals surface area contributed by atoms with Gasteiger partial charge in [-0.2, -0.15) is 0 Å². The number of hydrogen-bond acceptors (Lipinski definition) is 1. The molecule has 2 rings (SSSR count). The van der Waals surface area contributed by atoms with E-state index in [1.54, 1.807) is 0 Å². The number of nitrogens with zero attached hydrogens (tertiary/aromatic N) is 1. The van der Waals surface area contributed by atoms with E-state index in [1.165, 1.54) is 11.1 Å². The van der Waals surface area contributed by atoms with E-state index in [9.17, 15) is 4.79 Å². The van der Waals surface area contributed by atoms with Gasteiger partial charge in [0.1, 0.15) is 0 Å². The summed E-state index contributed by atoms with van der Waals surface area (Å²) in [5, 5.41) is 0. The lowest BCUT2D eigenvalue weighted by atomic mass is 9.82. The van der Waals surface area contributed by atoms with Crippen LogP contribution in [0.25, 0.3) is 0 Å². The molecule has 104 valence electrons. The molecule has 0 saturated carbocycles. The number of alkyl halides is 1. The molecule has 3 heteroatoms. The number of rotatable bonds is 4. The molecule has 2 unspecified atom stereocenters. The second kappa shape index (κ2) is 6.56. The van der Waals surface area contributed by atoms with Crippen LogP contribution in [0.4, 0.5) is 0 Å². The summed E-state index contributed by atoms with van der Waals surface area (Å²) in [4.78, 5) is 14.9. The van der Waals surface area contributed by atoms with Crippen molar-refractivity contribution < 1.29 is 4.79 Å². The van der Waals surface area contributed by atoms with Gasteiger partial charge >= 0.3 is 0 Å². The SMILES string of the molecule is CC(Br)CCN(C)C(=O)C1CCCc2ccccc21. The highest BCUT2D eigenvalue weighted by Gasteiger charge is 2.28. The monoisotopic (exact) mass is 323 g/mol. The molecule has 1 amide bonds. The first-order valence-corrected chi connectivity index (χ1v) is 7.98. The number of amides is 1. The Morgan fingerprint density at radius 1 is 1.47 bits per heavy atom. The molecule has 0 aromatic heterocycles. The fourth-order valence-electron chi connectivity index (χ4n) is 2.76. The molecule has 1 aromatic carbocycles. The molecule has 0 aliphatic heterocycles. The quantitative estimate of drug-likeness (QED) is 0.773. The van der Waals surface area contributed by atoms with Crippen LogP contribution in [0.5, 0.6) is 0 Å². The lowest BCUT2D eigenvalue weighted by Crippen LogP contribution is -2.34. The minimum Gasteiger partial charge on any atom is -0.345 e. The number of halogens is 1. The normalized spacial score (nSPS) is 19.6. The van der Waals surface area contributed by atoms with Crippen LogP contribution in [0.15, 0.2) is 24.3 Å². The van der Waals surface area contributed by atoms with Crippen LogP contribution < -0.4 is 0 Å². The van der Waals surface area contributed by atoms with Gasteiger partial charge in [0.15, 0.2) is 0 Å². The number of carbonyl (C=O) groups is 1. The minimum absolute atomic E-state index is 0.0700. The summed E-state index contributed by atoms with van der Waals surface area (Å²) in [7, 11) is 1.93. The van der Waals surface area contributed by atoms with Crippen molar-refractivity contribution >= 4 is 21.8 Å². The molecule has 1 aliphatic rings. The third-order valence-corrected chi connectivity index (χ3v) is 4.36. The van der Waals surface area contributed by atoms with Crippen LogP contribution >= 0.6 is 15.9 Å². The van der Waals surface area contributed by atoms with Gasteiger partial charge in [-0.05, 0) is 36.8 Å². The first-order chi connectivity index (χ1) is 9.09. The first kappa shape index (κ1) is 14.6. The Kier molecular flexibility index (Phi) is 5.03. The second-order valence-electron chi connectivity index (χ2n) is 5.47. The Balaban J connectivity index is 2.08. The third kappa shape index (κ3) is 3.59. The van der Waals surface area contributed by atoms with Crippen molar-refractivity contribution in [2.75, 3.05) is 13.6 Å². The van der Waals surface area contributed by atoms with Crippen molar-refractivity contribution in [1.82, 2.24) is 4.90 Å². The van der Waals surface area contributed by atoms with Crippen molar-refractivity contribution in [3.63, 3.8) is 0 Å². The zero-order valence-electron chi connectivity index (χ0n) is 11.7. The van der Waals surface area contributed by atoms with E-state index in [1.807, 2.05) is 18.0 Å². The Morgan fingerprint density at radius 3 is 2.95 bits per heavy atom. The molecule has 1 aliphatic carbocycles. The molecule has 0 radical (unpaired) electrons. The fraction of sp³-hybridized carbons (Fsp3) is 0.562. The molecule has 0 fully saturated rings. The van der Waals surface area contributed by atoms with Gasteiger partial charge in [0.25, 0.3) is 0 Å². The van der Waals surface area contributed by atoms with Gasteiger partial charge in [-0.1, -0.05) is 47.1 Å². The molecule has 0 N–H and O–H groups in total. The standard InChI is InChI=1S/C16H22BrNO/c1-12(17)10-11-18(2)16(19)15-9-5-7-13-6-3-4-8-14(13)15/h3-4,6,8,12,15H,5,7,9-11H2,1-2H3. The molecule has 19 heavy (non-hydrogen) atoms. The Labute approximate surface area is 124 Å². The highest BCUT2D eigenvalue weighted by Crippen LogP contribution is 2.32.